The Bertz CT molecular complexity index is 1120. The molecular formula is C19H16ClF2N7O2. The van der Waals surface area contributed by atoms with Crippen molar-refractivity contribution in [2.24, 2.45) is 0 Å². The van der Waals surface area contributed by atoms with Crippen LogP contribution in [0.5, 0.6) is 0 Å². The van der Waals surface area contributed by atoms with Gasteiger partial charge in [-0.1, -0.05) is 11.6 Å². The first-order valence-corrected chi connectivity index (χ1v) is 9.54. The van der Waals surface area contributed by atoms with E-state index >= 15 is 0 Å². The monoisotopic (exact) mass is 447 g/mol. The lowest BCUT2D eigenvalue weighted by molar-refractivity contribution is 0.0256. The zero-order valence-corrected chi connectivity index (χ0v) is 16.7. The quantitative estimate of drug-likeness (QED) is 0.553. The van der Waals surface area contributed by atoms with Crippen LogP contribution in [-0.2, 0) is 0 Å². The second kappa shape index (κ2) is 8.26. The highest BCUT2D eigenvalue weighted by Gasteiger charge is 2.38. The van der Waals surface area contributed by atoms with Crippen molar-refractivity contribution in [3.05, 3.63) is 59.3 Å². The molecule has 0 aromatic carbocycles. The Morgan fingerprint density at radius 1 is 1.13 bits per heavy atom. The van der Waals surface area contributed by atoms with E-state index in [2.05, 4.69) is 30.8 Å². The maximum Gasteiger partial charge on any atom is 0.275 e. The molecule has 0 saturated carbocycles. The van der Waals surface area contributed by atoms with E-state index in [9.17, 15) is 18.4 Å². The van der Waals surface area contributed by atoms with Crippen LogP contribution in [0.15, 0.2) is 43.0 Å². The second-order valence-electron chi connectivity index (χ2n) is 6.89. The number of amides is 2. The van der Waals surface area contributed by atoms with Crippen molar-refractivity contribution < 1.29 is 18.4 Å². The first-order valence-electron chi connectivity index (χ1n) is 9.16. The SMILES string of the molecule is O=C(Nc1cn[nH]c1C(=O)Nc1ccc(N2CCC(F)(F)C2)nc1)c1cncc(Cl)c1. The number of rotatable bonds is 5. The van der Waals surface area contributed by atoms with Gasteiger partial charge < -0.3 is 15.5 Å². The summed E-state index contributed by atoms with van der Waals surface area (Å²) in [5.74, 6) is -3.41. The summed E-state index contributed by atoms with van der Waals surface area (Å²) in [6, 6.07) is 4.55. The van der Waals surface area contributed by atoms with E-state index in [0.717, 1.165) is 0 Å². The third-order valence-corrected chi connectivity index (χ3v) is 4.79. The van der Waals surface area contributed by atoms with E-state index in [1.807, 2.05) is 0 Å². The number of pyridine rings is 2. The van der Waals surface area contributed by atoms with Crippen molar-refractivity contribution in [3.63, 3.8) is 0 Å². The number of aromatic amines is 1. The van der Waals surface area contributed by atoms with E-state index in [4.69, 9.17) is 11.6 Å². The zero-order chi connectivity index (χ0) is 22.0. The van der Waals surface area contributed by atoms with Crippen LogP contribution in [0.4, 0.5) is 26.0 Å². The molecule has 3 N–H and O–H groups in total. The molecule has 0 unspecified atom stereocenters. The molecule has 4 rings (SSSR count). The van der Waals surface area contributed by atoms with Crippen LogP contribution in [0.3, 0.4) is 0 Å². The fraction of sp³-hybridized carbons (Fsp3) is 0.211. The molecule has 160 valence electrons. The summed E-state index contributed by atoms with van der Waals surface area (Å²) in [7, 11) is 0. The fourth-order valence-corrected chi connectivity index (χ4v) is 3.23. The highest BCUT2D eigenvalue weighted by atomic mass is 35.5. The molecule has 1 aliphatic rings. The van der Waals surface area contributed by atoms with Gasteiger partial charge in [-0.15, -0.1) is 0 Å². The van der Waals surface area contributed by atoms with Gasteiger partial charge in [0, 0.05) is 25.4 Å². The molecule has 0 radical (unpaired) electrons. The van der Waals surface area contributed by atoms with Crippen LogP contribution in [-0.4, -0.2) is 51.0 Å². The van der Waals surface area contributed by atoms with Crippen LogP contribution in [0.25, 0.3) is 0 Å². The highest BCUT2D eigenvalue weighted by molar-refractivity contribution is 6.30. The fourth-order valence-electron chi connectivity index (χ4n) is 3.06. The Balaban J connectivity index is 1.42. The summed E-state index contributed by atoms with van der Waals surface area (Å²) >= 11 is 5.84. The largest absolute Gasteiger partial charge is 0.350 e. The number of aromatic nitrogens is 4. The second-order valence-corrected chi connectivity index (χ2v) is 7.33. The first kappa shape index (κ1) is 20.7. The van der Waals surface area contributed by atoms with Gasteiger partial charge in [0.15, 0.2) is 0 Å². The number of nitrogens with one attached hydrogen (secondary N) is 3. The molecule has 3 aromatic heterocycles. The third-order valence-electron chi connectivity index (χ3n) is 4.58. The molecule has 0 spiro atoms. The normalized spacial score (nSPS) is 15.0. The smallest absolute Gasteiger partial charge is 0.275 e. The van der Waals surface area contributed by atoms with Gasteiger partial charge in [0.05, 0.1) is 40.9 Å². The van der Waals surface area contributed by atoms with Crippen molar-refractivity contribution in [2.45, 2.75) is 12.3 Å². The predicted molar refractivity (Wildman–Crippen MR) is 110 cm³/mol. The molecule has 1 saturated heterocycles. The van der Waals surface area contributed by atoms with Gasteiger partial charge in [-0.25, -0.2) is 13.8 Å². The van der Waals surface area contributed by atoms with Crippen LogP contribution in [0.2, 0.25) is 5.02 Å². The van der Waals surface area contributed by atoms with Gasteiger partial charge in [0.25, 0.3) is 17.7 Å². The Hall–Kier alpha value is -3.60. The van der Waals surface area contributed by atoms with E-state index < -0.39 is 17.7 Å². The Labute approximate surface area is 179 Å². The minimum atomic E-state index is -2.73. The van der Waals surface area contributed by atoms with Crippen molar-refractivity contribution >= 4 is 40.6 Å². The highest BCUT2D eigenvalue weighted by Crippen LogP contribution is 2.30. The number of nitrogens with zero attached hydrogens (tertiary/aromatic N) is 4. The Kier molecular flexibility index (Phi) is 5.51. The maximum absolute atomic E-state index is 13.4. The van der Waals surface area contributed by atoms with Gasteiger partial charge in [-0.3, -0.25) is 19.7 Å². The van der Waals surface area contributed by atoms with Crippen LogP contribution < -0.4 is 15.5 Å². The number of H-pyrrole nitrogens is 1. The lowest BCUT2D eigenvalue weighted by Crippen LogP contribution is -2.25. The molecule has 1 aliphatic heterocycles. The van der Waals surface area contributed by atoms with Crippen LogP contribution >= 0.6 is 11.6 Å². The molecule has 0 bridgehead atoms. The maximum atomic E-state index is 13.4. The first-order chi connectivity index (χ1) is 14.8. The average molecular weight is 448 g/mol. The van der Waals surface area contributed by atoms with E-state index in [1.54, 1.807) is 12.1 Å². The molecule has 9 nitrogen and oxygen atoms in total. The Morgan fingerprint density at radius 2 is 1.97 bits per heavy atom. The van der Waals surface area contributed by atoms with Gasteiger partial charge in [0.1, 0.15) is 11.5 Å². The summed E-state index contributed by atoms with van der Waals surface area (Å²) < 4.78 is 26.7. The lowest BCUT2D eigenvalue weighted by atomic mass is 10.2. The van der Waals surface area contributed by atoms with Gasteiger partial charge in [0.2, 0.25) is 0 Å². The molecule has 1 fully saturated rings. The van der Waals surface area contributed by atoms with Crippen molar-refractivity contribution in [3.8, 4) is 0 Å². The van der Waals surface area contributed by atoms with Crippen LogP contribution in [0.1, 0.15) is 27.3 Å². The summed E-state index contributed by atoms with van der Waals surface area (Å²) in [4.78, 5) is 34.4. The molecule has 0 aliphatic carbocycles. The lowest BCUT2D eigenvalue weighted by Gasteiger charge is -2.17. The number of halogens is 3. The summed E-state index contributed by atoms with van der Waals surface area (Å²) in [5.41, 5.74) is 0.746. The number of hydrogen-bond acceptors (Lipinski definition) is 6. The standard InChI is InChI=1S/C19H16ClF2N7O2/c20-12-5-11(6-23-7-12)17(30)27-14-9-25-28-16(14)18(31)26-13-1-2-15(24-8-13)29-4-3-19(21,22)10-29/h1-2,5-9H,3-4,10H2,(H,25,28)(H,26,31)(H,27,30). The number of carbonyl (C=O) groups excluding carboxylic acids is 2. The van der Waals surface area contributed by atoms with E-state index in [0.29, 0.717) is 16.5 Å². The van der Waals surface area contributed by atoms with E-state index in [-0.39, 0.29) is 36.5 Å². The van der Waals surface area contributed by atoms with Crippen molar-refractivity contribution in [2.75, 3.05) is 28.6 Å². The topological polar surface area (TPSA) is 116 Å². The number of carbonyl (C=O) groups is 2. The molecule has 0 atom stereocenters. The van der Waals surface area contributed by atoms with Crippen LogP contribution in [0, 0.1) is 0 Å². The summed E-state index contributed by atoms with van der Waals surface area (Å²) in [6.45, 7) is -0.171. The molecular weight excluding hydrogens is 432 g/mol. The number of anilines is 3. The van der Waals surface area contributed by atoms with Gasteiger partial charge in [-0.2, -0.15) is 5.10 Å². The molecule has 31 heavy (non-hydrogen) atoms. The molecule has 3 aromatic rings. The number of alkyl halides is 2. The third kappa shape index (κ3) is 4.77. The summed E-state index contributed by atoms with van der Waals surface area (Å²) in [6.07, 6.45) is 5.18. The minimum Gasteiger partial charge on any atom is -0.350 e. The predicted octanol–water partition coefficient (Wildman–Crippen LogP) is 3.20. The average Bonchev–Trinajstić information content (AvgIpc) is 3.34. The molecule has 4 heterocycles. The summed E-state index contributed by atoms with van der Waals surface area (Å²) in [5, 5.41) is 11.8. The van der Waals surface area contributed by atoms with Gasteiger partial charge >= 0.3 is 0 Å². The minimum absolute atomic E-state index is 0.0200. The molecule has 12 heteroatoms. The van der Waals surface area contributed by atoms with E-state index in [1.165, 1.54) is 35.8 Å². The molecule has 2 amide bonds. The Morgan fingerprint density at radius 3 is 2.65 bits per heavy atom. The number of hydrogen-bond donors (Lipinski definition) is 3. The van der Waals surface area contributed by atoms with Gasteiger partial charge in [-0.05, 0) is 18.2 Å². The zero-order valence-electron chi connectivity index (χ0n) is 15.9. The van der Waals surface area contributed by atoms with Crippen molar-refractivity contribution in [1.29, 1.82) is 0 Å². The van der Waals surface area contributed by atoms with Crippen molar-refractivity contribution in [1.82, 2.24) is 20.2 Å².